The maximum absolute atomic E-state index is 12.5. The Labute approximate surface area is 244 Å². The first-order chi connectivity index (χ1) is 20.6. The monoisotopic (exact) mass is 567 g/mol. The van der Waals surface area contributed by atoms with Crippen molar-refractivity contribution in [1.29, 1.82) is 0 Å². The first-order valence-corrected chi connectivity index (χ1v) is 13.9. The fourth-order valence-electron chi connectivity index (χ4n) is 4.41. The van der Waals surface area contributed by atoms with E-state index in [-0.39, 0.29) is 0 Å². The van der Waals surface area contributed by atoms with Gasteiger partial charge in [-0.1, -0.05) is 30.3 Å². The molecule has 1 aliphatic heterocycles. The number of benzene rings is 3. The molecule has 1 aromatic heterocycles. The second-order valence-electron chi connectivity index (χ2n) is 9.68. The minimum absolute atomic E-state index is 0.298. The summed E-state index contributed by atoms with van der Waals surface area (Å²) in [7, 11) is 0. The van der Waals surface area contributed by atoms with Gasteiger partial charge in [0.25, 0.3) is 0 Å². The zero-order chi connectivity index (χ0) is 29.0. The van der Waals surface area contributed by atoms with E-state index in [1.54, 1.807) is 18.2 Å². The van der Waals surface area contributed by atoms with Gasteiger partial charge in [0.1, 0.15) is 24.5 Å². The molecule has 3 aromatic carbocycles. The van der Waals surface area contributed by atoms with Crippen LogP contribution in [0.2, 0.25) is 0 Å². The minimum Gasteiger partial charge on any atom is -0.489 e. The molecule has 0 aliphatic carbocycles. The standard InChI is InChI=1S/C32H33N5O5/c38-30(13-14-31(39)41-18-4-15-37-16-19-40-20-17-37)35-26-9-12-29-28(21-26)32(34-23-33-29)36-25-7-10-27(11-8-25)42-22-24-5-2-1-3-6-24/h1-3,5-14,21,23H,4,15-20,22H2,(H,35,38)(H,33,34,36). The van der Waals surface area contributed by atoms with Crippen molar-refractivity contribution < 1.29 is 23.8 Å². The van der Waals surface area contributed by atoms with Gasteiger partial charge in [-0.15, -0.1) is 0 Å². The van der Waals surface area contributed by atoms with Crippen LogP contribution in [0.5, 0.6) is 5.75 Å². The molecule has 2 N–H and O–H groups in total. The highest BCUT2D eigenvalue weighted by Crippen LogP contribution is 2.27. The fourth-order valence-corrected chi connectivity index (χ4v) is 4.41. The van der Waals surface area contributed by atoms with Gasteiger partial charge in [0, 0.05) is 48.5 Å². The molecule has 2 heterocycles. The predicted octanol–water partition coefficient (Wildman–Crippen LogP) is 4.71. The summed E-state index contributed by atoms with van der Waals surface area (Å²) in [4.78, 5) is 35.5. The number of esters is 1. The Bertz CT molecular complexity index is 1510. The lowest BCUT2D eigenvalue weighted by Gasteiger charge is -2.26. The van der Waals surface area contributed by atoms with Gasteiger partial charge in [0.2, 0.25) is 5.91 Å². The van der Waals surface area contributed by atoms with E-state index in [4.69, 9.17) is 14.2 Å². The Morgan fingerprint density at radius 2 is 1.71 bits per heavy atom. The summed E-state index contributed by atoms with van der Waals surface area (Å²) in [5.74, 6) is 0.344. The lowest BCUT2D eigenvalue weighted by molar-refractivity contribution is -0.138. The third-order valence-corrected chi connectivity index (χ3v) is 6.61. The molecule has 1 fully saturated rings. The Morgan fingerprint density at radius 3 is 2.52 bits per heavy atom. The van der Waals surface area contributed by atoms with Gasteiger partial charge >= 0.3 is 5.97 Å². The summed E-state index contributed by atoms with van der Waals surface area (Å²) >= 11 is 0. The first kappa shape index (κ1) is 28.7. The average Bonchev–Trinajstić information content (AvgIpc) is 3.03. The van der Waals surface area contributed by atoms with Crippen LogP contribution in [0.15, 0.2) is 91.3 Å². The van der Waals surface area contributed by atoms with Crippen LogP contribution in [0.4, 0.5) is 17.2 Å². The van der Waals surface area contributed by atoms with Crippen molar-refractivity contribution in [1.82, 2.24) is 14.9 Å². The number of carbonyl (C=O) groups is 2. The number of nitrogens with zero attached hydrogens (tertiary/aromatic N) is 3. The summed E-state index contributed by atoms with van der Waals surface area (Å²) in [6, 6.07) is 22.9. The molecule has 0 bridgehead atoms. The summed E-state index contributed by atoms with van der Waals surface area (Å²) < 4.78 is 16.4. The molecule has 0 radical (unpaired) electrons. The van der Waals surface area contributed by atoms with Crippen LogP contribution in [0.1, 0.15) is 12.0 Å². The number of fused-ring (bicyclic) bond motifs is 1. The number of carbonyl (C=O) groups excluding carboxylic acids is 2. The molecule has 10 heteroatoms. The largest absolute Gasteiger partial charge is 0.489 e. The van der Waals surface area contributed by atoms with E-state index in [9.17, 15) is 9.59 Å². The second kappa shape index (κ2) is 14.7. The number of aromatic nitrogens is 2. The van der Waals surface area contributed by atoms with E-state index in [0.29, 0.717) is 30.2 Å². The number of rotatable bonds is 12. The van der Waals surface area contributed by atoms with E-state index in [1.807, 2.05) is 54.6 Å². The van der Waals surface area contributed by atoms with Crippen LogP contribution in [-0.2, 0) is 25.7 Å². The Balaban J connectivity index is 1.13. The molecule has 10 nitrogen and oxygen atoms in total. The third-order valence-electron chi connectivity index (χ3n) is 6.61. The molecule has 0 unspecified atom stereocenters. The Hall–Kier alpha value is -4.80. The molecule has 1 amide bonds. The van der Waals surface area contributed by atoms with Crippen LogP contribution in [0, 0.1) is 0 Å². The first-order valence-electron chi connectivity index (χ1n) is 13.9. The molecule has 1 aliphatic rings. The smallest absolute Gasteiger partial charge is 0.330 e. The number of ether oxygens (including phenoxy) is 3. The van der Waals surface area contributed by atoms with Gasteiger partial charge in [0.15, 0.2) is 0 Å². The SMILES string of the molecule is O=C(C=CC(=O)OCCCN1CCOCC1)Nc1ccc2ncnc(Nc3ccc(OCc4ccccc4)cc3)c2c1. The highest BCUT2D eigenvalue weighted by Gasteiger charge is 2.10. The number of hydrogen-bond donors (Lipinski definition) is 2. The van der Waals surface area contributed by atoms with Crippen LogP contribution in [0.25, 0.3) is 10.9 Å². The van der Waals surface area contributed by atoms with Gasteiger partial charge in [-0.05, 0) is 54.4 Å². The normalized spacial score (nSPS) is 13.6. The number of anilines is 3. The number of hydrogen-bond acceptors (Lipinski definition) is 9. The molecule has 5 rings (SSSR count). The third kappa shape index (κ3) is 8.60. The quantitative estimate of drug-likeness (QED) is 0.143. The maximum Gasteiger partial charge on any atom is 0.330 e. The topological polar surface area (TPSA) is 115 Å². The molecule has 1 saturated heterocycles. The van der Waals surface area contributed by atoms with Crippen molar-refractivity contribution in [2.24, 2.45) is 0 Å². The molecule has 0 saturated carbocycles. The van der Waals surface area contributed by atoms with E-state index in [1.165, 1.54) is 6.33 Å². The highest BCUT2D eigenvalue weighted by molar-refractivity contribution is 6.04. The zero-order valence-electron chi connectivity index (χ0n) is 23.2. The minimum atomic E-state index is -0.554. The van der Waals surface area contributed by atoms with E-state index < -0.39 is 11.9 Å². The summed E-state index contributed by atoms with van der Waals surface area (Å²) in [5.41, 5.74) is 3.17. The zero-order valence-corrected chi connectivity index (χ0v) is 23.2. The maximum atomic E-state index is 12.5. The van der Waals surface area contributed by atoms with Crippen LogP contribution < -0.4 is 15.4 Å². The molecule has 216 valence electrons. The number of morpholine rings is 1. The van der Waals surface area contributed by atoms with Crippen LogP contribution in [0.3, 0.4) is 0 Å². The molecule has 0 spiro atoms. The van der Waals surface area contributed by atoms with Crippen molar-refractivity contribution >= 4 is 40.0 Å². The van der Waals surface area contributed by atoms with E-state index in [0.717, 1.165) is 73.8 Å². The summed E-state index contributed by atoms with van der Waals surface area (Å²) in [6.45, 7) is 4.89. The summed E-state index contributed by atoms with van der Waals surface area (Å²) in [6.07, 6.45) is 4.51. The van der Waals surface area contributed by atoms with Crippen molar-refractivity contribution in [3.63, 3.8) is 0 Å². The lowest BCUT2D eigenvalue weighted by atomic mass is 10.2. The molecule has 4 aromatic rings. The lowest BCUT2D eigenvalue weighted by Crippen LogP contribution is -2.37. The molecule has 42 heavy (non-hydrogen) atoms. The second-order valence-corrected chi connectivity index (χ2v) is 9.68. The van der Waals surface area contributed by atoms with Crippen molar-refractivity contribution in [2.45, 2.75) is 13.0 Å². The number of amides is 1. The van der Waals surface area contributed by atoms with Crippen molar-refractivity contribution in [2.75, 3.05) is 50.1 Å². The van der Waals surface area contributed by atoms with Gasteiger partial charge in [-0.2, -0.15) is 0 Å². The Morgan fingerprint density at radius 1 is 0.929 bits per heavy atom. The van der Waals surface area contributed by atoms with Gasteiger partial charge < -0.3 is 24.8 Å². The fraction of sp³-hybridized carbons (Fsp3) is 0.250. The Kier molecular flexibility index (Phi) is 10.1. The summed E-state index contributed by atoms with van der Waals surface area (Å²) in [5, 5.41) is 6.81. The van der Waals surface area contributed by atoms with Crippen molar-refractivity contribution in [3.8, 4) is 5.75 Å². The number of nitrogens with one attached hydrogen (secondary N) is 2. The molecule has 0 atom stereocenters. The highest BCUT2D eigenvalue weighted by atomic mass is 16.5. The van der Waals surface area contributed by atoms with Gasteiger partial charge in [-0.25, -0.2) is 14.8 Å². The van der Waals surface area contributed by atoms with Crippen molar-refractivity contribution in [3.05, 3.63) is 96.8 Å². The van der Waals surface area contributed by atoms with Crippen LogP contribution >= 0.6 is 0 Å². The van der Waals surface area contributed by atoms with E-state index in [2.05, 4.69) is 25.5 Å². The predicted molar refractivity (Wildman–Crippen MR) is 161 cm³/mol. The van der Waals surface area contributed by atoms with E-state index >= 15 is 0 Å². The average molecular weight is 568 g/mol. The molecular weight excluding hydrogens is 534 g/mol. The van der Waals surface area contributed by atoms with Crippen LogP contribution in [-0.4, -0.2) is 66.2 Å². The molecular formula is C32H33N5O5. The van der Waals surface area contributed by atoms with Gasteiger partial charge in [-0.3, -0.25) is 9.69 Å². The van der Waals surface area contributed by atoms with Gasteiger partial charge in [0.05, 0.1) is 25.3 Å².